The molecule has 0 aromatic heterocycles. The molecule has 0 heterocycles. The quantitative estimate of drug-likeness (QED) is 0.486. The Morgan fingerprint density at radius 3 is 2.65 bits per heavy atom. The van der Waals surface area contributed by atoms with Crippen molar-refractivity contribution in [3.8, 4) is 11.5 Å². The Hall–Kier alpha value is -1.52. The van der Waals surface area contributed by atoms with E-state index in [2.05, 4.69) is 11.5 Å². The minimum atomic E-state index is 0.546. The molecule has 0 radical (unpaired) electrons. The summed E-state index contributed by atoms with van der Waals surface area (Å²) in [5.41, 5.74) is 1.08. The second-order valence-electron chi connectivity index (χ2n) is 4.73. The van der Waals surface area contributed by atoms with Crippen LogP contribution in [0.15, 0.2) is 30.9 Å². The molecule has 4 heteroatoms. The molecule has 1 aromatic rings. The molecule has 0 N–H and O–H groups in total. The largest absolute Gasteiger partial charge is 0.497 e. The average Bonchev–Trinajstić information content (AvgIpc) is 2.43. The van der Waals surface area contributed by atoms with Gasteiger partial charge in [-0.2, -0.15) is 0 Å². The highest BCUT2D eigenvalue weighted by atomic mass is 16.5. The predicted molar refractivity (Wildman–Crippen MR) is 81.8 cm³/mol. The summed E-state index contributed by atoms with van der Waals surface area (Å²) in [6.07, 6.45) is 2.61. The lowest BCUT2D eigenvalue weighted by atomic mass is 10.1. The van der Waals surface area contributed by atoms with Gasteiger partial charge in [-0.1, -0.05) is 6.08 Å². The number of hydrogen-bond donors (Lipinski definition) is 0. The third-order valence-corrected chi connectivity index (χ3v) is 2.80. The van der Waals surface area contributed by atoms with Gasteiger partial charge in [-0.25, -0.2) is 0 Å². The number of benzene rings is 1. The summed E-state index contributed by atoms with van der Waals surface area (Å²) in [4.78, 5) is 2.09. The molecule has 0 saturated heterocycles. The van der Waals surface area contributed by atoms with E-state index in [1.165, 1.54) is 0 Å². The van der Waals surface area contributed by atoms with E-state index >= 15 is 0 Å². The maximum absolute atomic E-state index is 5.75. The SMILES string of the molecule is C=CCc1cc(OC)ccc1OCCOCCN(C)C. The van der Waals surface area contributed by atoms with Gasteiger partial charge < -0.3 is 19.1 Å². The zero-order valence-electron chi connectivity index (χ0n) is 12.7. The first-order valence-corrected chi connectivity index (χ1v) is 6.80. The van der Waals surface area contributed by atoms with Gasteiger partial charge in [0, 0.05) is 12.1 Å². The van der Waals surface area contributed by atoms with Crippen molar-refractivity contribution in [2.45, 2.75) is 6.42 Å². The molecule has 0 fully saturated rings. The average molecular weight is 279 g/mol. The first-order valence-electron chi connectivity index (χ1n) is 6.80. The zero-order valence-corrected chi connectivity index (χ0v) is 12.7. The van der Waals surface area contributed by atoms with Crippen LogP contribution in [0, 0.1) is 0 Å². The Bertz CT molecular complexity index is 405. The van der Waals surface area contributed by atoms with E-state index in [1.807, 2.05) is 38.4 Å². The minimum absolute atomic E-state index is 0.546. The number of hydrogen-bond acceptors (Lipinski definition) is 4. The van der Waals surface area contributed by atoms with Crippen LogP contribution in [0.4, 0.5) is 0 Å². The summed E-state index contributed by atoms with van der Waals surface area (Å²) >= 11 is 0. The van der Waals surface area contributed by atoms with Crippen molar-refractivity contribution in [1.82, 2.24) is 4.90 Å². The Labute approximate surface area is 121 Å². The number of ether oxygens (including phenoxy) is 3. The predicted octanol–water partition coefficient (Wildman–Crippen LogP) is 2.38. The van der Waals surface area contributed by atoms with E-state index in [0.29, 0.717) is 13.2 Å². The second-order valence-corrected chi connectivity index (χ2v) is 4.73. The van der Waals surface area contributed by atoms with Crippen LogP contribution >= 0.6 is 0 Å². The van der Waals surface area contributed by atoms with Crippen LogP contribution in [0.1, 0.15) is 5.56 Å². The van der Waals surface area contributed by atoms with Gasteiger partial charge in [0.25, 0.3) is 0 Å². The molecule has 0 aliphatic heterocycles. The molecule has 0 spiro atoms. The normalized spacial score (nSPS) is 10.6. The highest BCUT2D eigenvalue weighted by Crippen LogP contribution is 2.24. The van der Waals surface area contributed by atoms with Crippen molar-refractivity contribution in [3.63, 3.8) is 0 Å². The van der Waals surface area contributed by atoms with Crippen molar-refractivity contribution >= 4 is 0 Å². The summed E-state index contributed by atoms with van der Waals surface area (Å²) in [5, 5.41) is 0. The fourth-order valence-corrected chi connectivity index (χ4v) is 1.70. The lowest BCUT2D eigenvalue weighted by Gasteiger charge is -2.13. The van der Waals surface area contributed by atoms with Crippen LogP contribution in [-0.2, 0) is 11.2 Å². The summed E-state index contributed by atoms with van der Waals surface area (Å²) < 4.78 is 16.5. The number of likely N-dealkylation sites (N-methyl/N-ethyl adjacent to an activating group) is 1. The summed E-state index contributed by atoms with van der Waals surface area (Å²) in [6.45, 7) is 6.54. The lowest BCUT2D eigenvalue weighted by molar-refractivity contribution is 0.0887. The van der Waals surface area contributed by atoms with E-state index in [1.54, 1.807) is 7.11 Å². The van der Waals surface area contributed by atoms with E-state index < -0.39 is 0 Å². The molecular weight excluding hydrogens is 254 g/mol. The second kappa shape index (κ2) is 9.39. The molecule has 0 atom stereocenters. The topological polar surface area (TPSA) is 30.9 Å². The number of rotatable bonds is 10. The maximum Gasteiger partial charge on any atom is 0.123 e. The first kappa shape index (κ1) is 16.5. The Balaban J connectivity index is 2.40. The van der Waals surface area contributed by atoms with Gasteiger partial charge in [-0.05, 0) is 38.7 Å². The molecular formula is C16H25NO3. The third kappa shape index (κ3) is 6.08. The van der Waals surface area contributed by atoms with Gasteiger partial charge in [-0.3, -0.25) is 0 Å². The molecule has 4 nitrogen and oxygen atoms in total. The smallest absolute Gasteiger partial charge is 0.123 e. The van der Waals surface area contributed by atoms with Gasteiger partial charge >= 0.3 is 0 Å². The zero-order chi connectivity index (χ0) is 14.8. The van der Waals surface area contributed by atoms with Crippen molar-refractivity contribution in [1.29, 1.82) is 0 Å². The fourth-order valence-electron chi connectivity index (χ4n) is 1.70. The first-order chi connectivity index (χ1) is 9.67. The molecule has 112 valence electrons. The fraction of sp³-hybridized carbons (Fsp3) is 0.500. The third-order valence-electron chi connectivity index (χ3n) is 2.80. The van der Waals surface area contributed by atoms with E-state index in [0.717, 1.165) is 36.6 Å². The Kier molecular flexibility index (Phi) is 7.77. The van der Waals surface area contributed by atoms with Gasteiger partial charge in [-0.15, -0.1) is 6.58 Å². The van der Waals surface area contributed by atoms with Crippen LogP contribution in [0.3, 0.4) is 0 Å². The van der Waals surface area contributed by atoms with Crippen LogP contribution in [0.5, 0.6) is 11.5 Å². The van der Waals surface area contributed by atoms with Gasteiger partial charge in [0.15, 0.2) is 0 Å². The van der Waals surface area contributed by atoms with Crippen molar-refractivity contribution in [2.24, 2.45) is 0 Å². The van der Waals surface area contributed by atoms with Gasteiger partial charge in [0.2, 0.25) is 0 Å². The van der Waals surface area contributed by atoms with Crippen molar-refractivity contribution in [2.75, 3.05) is 47.6 Å². The van der Waals surface area contributed by atoms with Crippen LogP contribution in [-0.4, -0.2) is 52.5 Å². The van der Waals surface area contributed by atoms with Crippen LogP contribution in [0.2, 0.25) is 0 Å². The highest BCUT2D eigenvalue weighted by Gasteiger charge is 2.04. The Morgan fingerprint density at radius 2 is 2.00 bits per heavy atom. The number of methoxy groups -OCH3 is 1. The molecule has 0 amide bonds. The molecule has 0 unspecified atom stereocenters. The molecule has 0 aliphatic carbocycles. The van der Waals surface area contributed by atoms with Crippen LogP contribution < -0.4 is 9.47 Å². The van der Waals surface area contributed by atoms with Gasteiger partial charge in [0.1, 0.15) is 18.1 Å². The molecule has 0 saturated carbocycles. The molecule has 1 rings (SSSR count). The summed E-state index contributed by atoms with van der Waals surface area (Å²) in [7, 11) is 5.71. The standard InChI is InChI=1S/C16H25NO3/c1-5-6-14-13-15(18-4)7-8-16(14)20-12-11-19-10-9-17(2)3/h5,7-8,13H,1,6,9-12H2,2-4H3. The summed E-state index contributed by atoms with van der Waals surface area (Å²) in [6, 6.07) is 5.80. The van der Waals surface area contributed by atoms with Gasteiger partial charge in [0.05, 0.1) is 20.3 Å². The van der Waals surface area contributed by atoms with Crippen LogP contribution in [0.25, 0.3) is 0 Å². The van der Waals surface area contributed by atoms with Crippen molar-refractivity contribution in [3.05, 3.63) is 36.4 Å². The minimum Gasteiger partial charge on any atom is -0.497 e. The van der Waals surface area contributed by atoms with Crippen molar-refractivity contribution < 1.29 is 14.2 Å². The van der Waals surface area contributed by atoms with E-state index in [9.17, 15) is 0 Å². The number of nitrogens with zero attached hydrogens (tertiary/aromatic N) is 1. The van der Waals surface area contributed by atoms with E-state index in [4.69, 9.17) is 14.2 Å². The summed E-state index contributed by atoms with van der Waals surface area (Å²) in [5.74, 6) is 1.69. The number of allylic oxidation sites excluding steroid dienone is 1. The Morgan fingerprint density at radius 1 is 1.20 bits per heavy atom. The van der Waals surface area contributed by atoms with E-state index in [-0.39, 0.29) is 0 Å². The lowest BCUT2D eigenvalue weighted by Crippen LogP contribution is -2.19. The molecule has 0 aliphatic rings. The monoisotopic (exact) mass is 279 g/mol. The molecule has 1 aromatic carbocycles. The highest BCUT2D eigenvalue weighted by molar-refractivity contribution is 5.41. The molecule has 20 heavy (non-hydrogen) atoms. The molecule has 0 bridgehead atoms. The maximum atomic E-state index is 5.75.